The zero-order valence-corrected chi connectivity index (χ0v) is 15.6. The summed E-state index contributed by atoms with van der Waals surface area (Å²) in [6, 6.07) is 13.1. The molecule has 27 heavy (non-hydrogen) atoms. The van der Waals surface area contributed by atoms with Crippen LogP contribution in [0, 0.1) is 12.0 Å². The first-order chi connectivity index (χ1) is 13.0. The van der Waals surface area contributed by atoms with E-state index in [9.17, 15) is 4.79 Å². The quantitative estimate of drug-likeness (QED) is 0.654. The first kappa shape index (κ1) is 17.2. The molecule has 6 nitrogen and oxygen atoms in total. The van der Waals surface area contributed by atoms with E-state index in [1.54, 1.807) is 17.6 Å². The van der Waals surface area contributed by atoms with E-state index in [4.69, 9.17) is 11.3 Å². The molecule has 7 heteroatoms. The second-order valence-electron chi connectivity index (χ2n) is 6.83. The van der Waals surface area contributed by atoms with Crippen LogP contribution in [-0.2, 0) is 4.79 Å². The van der Waals surface area contributed by atoms with Crippen molar-refractivity contribution in [2.75, 3.05) is 5.32 Å². The average Bonchev–Trinajstić information content (AvgIpc) is 3.18. The SMILES string of the molecule is [C-]#[N+]c1ccc2c(c1)Oc1ccccc1[C@@H]2C(C)(C)C(=O)Nc1nncs1. The Bertz CT molecular complexity index is 1050. The Labute approximate surface area is 160 Å². The number of nitrogens with zero attached hydrogens (tertiary/aromatic N) is 3. The Hall–Kier alpha value is -3.24. The van der Waals surface area contributed by atoms with Crippen LogP contribution in [0.4, 0.5) is 10.8 Å². The second kappa shape index (κ2) is 6.49. The third kappa shape index (κ3) is 2.94. The van der Waals surface area contributed by atoms with E-state index in [1.807, 2.05) is 44.2 Å². The Morgan fingerprint density at radius 2 is 2.00 bits per heavy atom. The summed E-state index contributed by atoms with van der Waals surface area (Å²) in [6.07, 6.45) is 0. The van der Waals surface area contributed by atoms with E-state index < -0.39 is 5.41 Å². The number of carbonyl (C=O) groups is 1. The van der Waals surface area contributed by atoms with Gasteiger partial charge in [-0.3, -0.25) is 4.79 Å². The van der Waals surface area contributed by atoms with E-state index in [2.05, 4.69) is 20.4 Å². The van der Waals surface area contributed by atoms with Gasteiger partial charge in [-0.2, -0.15) is 0 Å². The molecule has 0 saturated heterocycles. The van der Waals surface area contributed by atoms with Gasteiger partial charge in [0.2, 0.25) is 11.0 Å². The third-order valence-corrected chi connectivity index (χ3v) is 5.38. The highest BCUT2D eigenvalue weighted by molar-refractivity contribution is 7.13. The van der Waals surface area contributed by atoms with Gasteiger partial charge in [0.05, 0.1) is 12.0 Å². The predicted octanol–water partition coefficient (Wildman–Crippen LogP) is 4.99. The molecule has 134 valence electrons. The topological polar surface area (TPSA) is 68.5 Å². The molecule has 1 aliphatic rings. The van der Waals surface area contributed by atoms with E-state index in [0.29, 0.717) is 22.3 Å². The van der Waals surface area contributed by atoms with Crippen molar-refractivity contribution in [3.05, 3.63) is 70.5 Å². The maximum absolute atomic E-state index is 13.1. The number of ether oxygens (including phenoxy) is 1. The van der Waals surface area contributed by atoms with Crippen LogP contribution in [0.1, 0.15) is 30.9 Å². The summed E-state index contributed by atoms with van der Waals surface area (Å²) in [7, 11) is 0. The Morgan fingerprint density at radius 1 is 1.22 bits per heavy atom. The molecular weight excluding hydrogens is 360 g/mol. The standard InChI is InChI=1S/C20H16N4O2S/c1-20(2,18(25)23-19-24-22-11-27-19)17-13-6-4-5-7-15(13)26-16-10-12(21-3)8-9-14(16)17/h4-11,17H,1-2H3,(H,23,24,25)/t17-/m0/s1. The molecule has 1 aliphatic heterocycles. The number of carbonyl (C=O) groups excluding carboxylic acids is 1. The molecule has 1 amide bonds. The van der Waals surface area contributed by atoms with Crippen LogP contribution in [0.2, 0.25) is 0 Å². The maximum atomic E-state index is 13.1. The fourth-order valence-corrected chi connectivity index (χ4v) is 3.85. The van der Waals surface area contributed by atoms with Crippen LogP contribution in [0.3, 0.4) is 0 Å². The van der Waals surface area contributed by atoms with Crippen LogP contribution < -0.4 is 10.1 Å². The second-order valence-corrected chi connectivity index (χ2v) is 7.66. The molecule has 0 radical (unpaired) electrons. The number of hydrogen-bond acceptors (Lipinski definition) is 5. The predicted molar refractivity (Wildman–Crippen MR) is 103 cm³/mol. The van der Waals surface area contributed by atoms with E-state index >= 15 is 0 Å². The molecule has 0 fully saturated rings. The number of anilines is 1. The van der Waals surface area contributed by atoms with Gasteiger partial charge in [0, 0.05) is 17.0 Å². The fourth-order valence-electron chi connectivity index (χ4n) is 3.41. The zero-order valence-electron chi connectivity index (χ0n) is 14.8. The largest absolute Gasteiger partial charge is 0.458 e. The van der Waals surface area contributed by atoms with Crippen LogP contribution in [0.15, 0.2) is 48.0 Å². The Kier molecular flexibility index (Phi) is 4.13. The summed E-state index contributed by atoms with van der Waals surface area (Å²) in [5, 5.41) is 11.0. The molecule has 0 unspecified atom stereocenters. The van der Waals surface area contributed by atoms with Crippen LogP contribution >= 0.6 is 11.3 Å². The summed E-state index contributed by atoms with van der Waals surface area (Å²) < 4.78 is 6.04. The van der Waals surface area contributed by atoms with Gasteiger partial charge in [-0.05, 0) is 12.1 Å². The molecule has 1 N–H and O–H groups in total. The third-order valence-electron chi connectivity index (χ3n) is 4.77. The summed E-state index contributed by atoms with van der Waals surface area (Å²) in [4.78, 5) is 16.6. The van der Waals surface area contributed by atoms with Gasteiger partial charge >= 0.3 is 0 Å². The number of rotatable bonds is 3. The van der Waals surface area contributed by atoms with Crippen molar-refractivity contribution < 1.29 is 9.53 Å². The molecule has 4 rings (SSSR count). The lowest BCUT2D eigenvalue weighted by Gasteiger charge is -2.38. The summed E-state index contributed by atoms with van der Waals surface area (Å²) >= 11 is 1.28. The maximum Gasteiger partial charge on any atom is 0.232 e. The van der Waals surface area contributed by atoms with Crippen molar-refractivity contribution in [2.24, 2.45) is 5.41 Å². The molecule has 2 heterocycles. The zero-order chi connectivity index (χ0) is 19.0. The van der Waals surface area contributed by atoms with Gasteiger partial charge < -0.3 is 10.1 Å². The monoisotopic (exact) mass is 376 g/mol. The van der Waals surface area contributed by atoms with Crippen LogP contribution in [-0.4, -0.2) is 16.1 Å². The van der Waals surface area contributed by atoms with E-state index in [1.165, 1.54) is 11.3 Å². The lowest BCUT2D eigenvalue weighted by Crippen LogP contribution is -2.38. The Morgan fingerprint density at radius 3 is 2.74 bits per heavy atom. The van der Waals surface area contributed by atoms with Gasteiger partial charge in [-0.1, -0.05) is 55.5 Å². The summed E-state index contributed by atoms with van der Waals surface area (Å²) in [5.74, 6) is 0.934. The minimum Gasteiger partial charge on any atom is -0.458 e. The van der Waals surface area contributed by atoms with Gasteiger partial charge in [-0.25, -0.2) is 4.85 Å². The lowest BCUT2D eigenvalue weighted by molar-refractivity contribution is -0.124. The van der Waals surface area contributed by atoms with Crippen molar-refractivity contribution >= 4 is 28.1 Å². The molecule has 0 saturated carbocycles. The molecule has 1 atom stereocenters. The molecule has 3 aromatic rings. The fraction of sp³-hybridized carbons (Fsp3) is 0.200. The molecular formula is C20H16N4O2S. The number of nitrogens with one attached hydrogen (secondary N) is 1. The number of amides is 1. The molecule has 0 bridgehead atoms. The van der Waals surface area contributed by atoms with Gasteiger partial charge in [0.15, 0.2) is 5.69 Å². The molecule has 0 aliphatic carbocycles. The summed E-state index contributed by atoms with van der Waals surface area (Å²) in [6.45, 7) is 11.1. The average molecular weight is 376 g/mol. The van der Waals surface area contributed by atoms with E-state index in [-0.39, 0.29) is 11.8 Å². The molecule has 0 spiro atoms. The number of para-hydroxylation sites is 1. The number of hydrogen-bond donors (Lipinski definition) is 1. The number of aromatic nitrogens is 2. The normalized spacial score (nSPS) is 15.1. The van der Waals surface area contributed by atoms with Gasteiger partial charge in [0.25, 0.3) is 0 Å². The minimum absolute atomic E-state index is 0.152. The smallest absolute Gasteiger partial charge is 0.232 e. The molecule has 2 aromatic carbocycles. The van der Waals surface area contributed by atoms with Gasteiger partial charge in [-0.15, -0.1) is 10.2 Å². The minimum atomic E-state index is -0.792. The highest BCUT2D eigenvalue weighted by atomic mass is 32.1. The van der Waals surface area contributed by atoms with Crippen LogP contribution in [0.25, 0.3) is 4.85 Å². The summed E-state index contributed by atoms with van der Waals surface area (Å²) in [5.41, 5.74) is 3.12. The molecule has 1 aromatic heterocycles. The van der Waals surface area contributed by atoms with Crippen molar-refractivity contribution in [1.82, 2.24) is 10.2 Å². The number of benzene rings is 2. The van der Waals surface area contributed by atoms with Crippen molar-refractivity contribution in [3.63, 3.8) is 0 Å². The first-order valence-electron chi connectivity index (χ1n) is 8.36. The highest BCUT2D eigenvalue weighted by Crippen LogP contribution is 2.52. The lowest BCUT2D eigenvalue weighted by atomic mass is 9.69. The van der Waals surface area contributed by atoms with E-state index in [0.717, 1.165) is 11.1 Å². The first-order valence-corrected chi connectivity index (χ1v) is 9.24. The number of fused-ring (bicyclic) bond motifs is 2. The van der Waals surface area contributed by atoms with Crippen molar-refractivity contribution in [3.8, 4) is 11.5 Å². The van der Waals surface area contributed by atoms with Gasteiger partial charge in [0.1, 0.15) is 17.0 Å². The Balaban J connectivity index is 1.81. The van der Waals surface area contributed by atoms with Crippen molar-refractivity contribution in [1.29, 1.82) is 0 Å². The van der Waals surface area contributed by atoms with Crippen molar-refractivity contribution in [2.45, 2.75) is 19.8 Å². The highest BCUT2D eigenvalue weighted by Gasteiger charge is 2.43. The van der Waals surface area contributed by atoms with Crippen LogP contribution in [0.5, 0.6) is 11.5 Å².